The number of hydrogen-bond acceptors (Lipinski definition) is 5. The number of rotatable bonds is 5. The van der Waals surface area contributed by atoms with Crippen LogP contribution in [0.15, 0.2) is 11.6 Å². The van der Waals surface area contributed by atoms with Crippen LogP contribution in [0.2, 0.25) is 0 Å². The summed E-state index contributed by atoms with van der Waals surface area (Å²) in [7, 11) is 1.08. The van der Waals surface area contributed by atoms with Crippen LogP contribution in [-0.4, -0.2) is 67.8 Å². The van der Waals surface area contributed by atoms with Crippen molar-refractivity contribution in [3.05, 3.63) is 11.6 Å². The van der Waals surface area contributed by atoms with Gasteiger partial charge in [-0.25, -0.2) is 0 Å². The van der Waals surface area contributed by atoms with Crippen molar-refractivity contribution in [2.45, 2.75) is 327 Å². The third kappa shape index (κ3) is 17.8. The molecule has 12 rings (SSSR count). The first-order valence-corrected chi connectivity index (χ1v) is 41.5. The maximum Gasteiger partial charge on any atom is 0.133 e. The smallest absolute Gasteiger partial charge is 0.133 e. The first-order chi connectivity index (χ1) is 45.0. The Morgan fingerprint density at radius 2 is 0.896 bits per heavy atom. The van der Waals surface area contributed by atoms with E-state index in [9.17, 15) is 25.2 Å². The minimum absolute atomic E-state index is 0. The number of halogens is 2. The minimum Gasteiger partial charge on any atom is -0.393 e. The van der Waals surface area contributed by atoms with Crippen molar-refractivity contribution < 1.29 is 25.2 Å². The van der Waals surface area contributed by atoms with E-state index in [4.69, 9.17) is 29.6 Å². The second-order valence-corrected chi connectivity index (χ2v) is 36.1. The summed E-state index contributed by atoms with van der Waals surface area (Å²) in [5, 5.41) is 42.6. The molecule has 0 heterocycles. The molecule has 12 aliphatic carbocycles. The molecule has 12 aliphatic rings. The molecule has 12 saturated carbocycles. The Hall–Kier alpha value is -2.38. The molecule has 0 aromatic carbocycles. The number of alkyl halides is 2. The third-order valence-electron chi connectivity index (χ3n) is 30.0. The number of fused-ring (bicyclic) bond motifs is 15. The van der Waals surface area contributed by atoms with Crippen molar-refractivity contribution in [3.63, 3.8) is 0 Å². The highest BCUT2D eigenvalue weighted by Gasteiger charge is 2.65. The maximum absolute atomic E-state index is 12.3. The molecule has 0 amide bonds. The van der Waals surface area contributed by atoms with Crippen molar-refractivity contribution in [2.24, 2.45) is 115 Å². The molecule has 540 valence electrons. The zero-order valence-electron chi connectivity index (χ0n) is 63.2. The van der Waals surface area contributed by atoms with Gasteiger partial charge in [0.2, 0.25) is 0 Å². The molecule has 0 radical (unpaired) electrons. The second-order valence-electron chi connectivity index (χ2n) is 34.2. The molecule has 0 bridgehead atoms. The SMILES string of the molecule is C.C#CC#CC#CC.CC#CC#CC#CC.CC=C1CC[C@H]2[C@@H]3CC[C@H]4C[C@](C)(O)CC[C@]4(CC)[C@H]3CC[C@]12C.CC[C@]12CC[C@@](C)(O)C[C@@H]1CC[C@H]1[C@@H]3CC[C@H](C(C)=O)[C@@]3(C)CC[C@@H]12.CC[C@]12CC[C@@](C)(O)C[C@@H]1CC[C@H]1[C@@H]3CC[C@H](C(C)O)[C@@]3(C)CC[C@@H]12.CPC.ClCCl. The number of allylic oxidation sites excluding steroid dienone is 2. The Morgan fingerprint density at radius 3 is 1.26 bits per heavy atom. The van der Waals surface area contributed by atoms with Gasteiger partial charge >= 0.3 is 0 Å². The minimum atomic E-state index is -0.438. The van der Waals surface area contributed by atoms with E-state index in [1.54, 1.807) is 26.3 Å². The highest BCUT2D eigenvalue weighted by atomic mass is 35.5. The highest BCUT2D eigenvalue weighted by Crippen LogP contribution is 2.73. The van der Waals surface area contributed by atoms with E-state index in [0.29, 0.717) is 44.7 Å². The molecule has 12 fully saturated rings. The molecule has 8 heteroatoms. The summed E-state index contributed by atoms with van der Waals surface area (Å²) in [6.45, 7) is 36.7. The van der Waals surface area contributed by atoms with Crippen LogP contribution in [0.3, 0.4) is 0 Å². The summed E-state index contributed by atoms with van der Waals surface area (Å²) in [5.74, 6) is 38.9. The van der Waals surface area contributed by atoms with Gasteiger partial charge in [-0.3, -0.25) is 4.79 Å². The normalized spacial score (nSPS) is 44.0. The highest BCUT2D eigenvalue weighted by molar-refractivity contribution is 7.35. The first kappa shape index (κ1) is 84.3. The number of carbonyl (C=O) groups is 1. The molecule has 96 heavy (non-hydrogen) atoms. The zero-order chi connectivity index (χ0) is 70.4. The summed E-state index contributed by atoms with van der Waals surface area (Å²) in [5.41, 5.74) is 3.18. The number of ketones is 1. The first-order valence-electron chi connectivity index (χ1n) is 38.4. The molecular weight excluding hydrogens is 1240 g/mol. The van der Waals surface area contributed by atoms with E-state index in [1.807, 2.05) is 13.8 Å². The monoisotopic (exact) mass is 1380 g/mol. The fourth-order valence-electron chi connectivity index (χ4n) is 26.0. The van der Waals surface area contributed by atoms with Crippen LogP contribution < -0.4 is 0 Å². The largest absolute Gasteiger partial charge is 0.393 e. The molecule has 0 aromatic heterocycles. The summed E-state index contributed by atoms with van der Waals surface area (Å²) in [4.78, 5) is 12.3. The van der Waals surface area contributed by atoms with Gasteiger partial charge in [-0.2, -0.15) is 0 Å². The lowest BCUT2D eigenvalue weighted by Gasteiger charge is -2.63. The number of carbonyl (C=O) groups excluding carboxylic acids is 1. The summed E-state index contributed by atoms with van der Waals surface area (Å²) in [6.07, 6.45) is 45.0. The number of aliphatic hydroxyl groups excluding tert-OH is 1. The lowest BCUT2D eigenvalue weighted by atomic mass is 9.42. The molecule has 4 N–H and O–H groups in total. The fourth-order valence-corrected chi connectivity index (χ4v) is 26.0. The second kappa shape index (κ2) is 36.2. The van der Waals surface area contributed by atoms with E-state index >= 15 is 0 Å². The Labute approximate surface area is 603 Å². The van der Waals surface area contributed by atoms with E-state index in [-0.39, 0.29) is 24.3 Å². The van der Waals surface area contributed by atoms with Crippen LogP contribution in [0.4, 0.5) is 0 Å². The Bertz CT molecular complexity index is 2900. The van der Waals surface area contributed by atoms with E-state index in [1.165, 1.54) is 148 Å². The molecule has 1 unspecified atom stereocenters. The number of hydrogen-bond donors (Lipinski definition) is 4. The van der Waals surface area contributed by atoms with Gasteiger partial charge in [-0.1, -0.05) is 78.4 Å². The van der Waals surface area contributed by atoms with Crippen molar-refractivity contribution in [3.8, 4) is 71.5 Å². The predicted molar refractivity (Wildman–Crippen MR) is 412 cm³/mol. The average molecular weight is 1380 g/mol. The third-order valence-corrected chi connectivity index (χ3v) is 30.0. The topological polar surface area (TPSA) is 98.0 Å². The summed E-state index contributed by atoms with van der Waals surface area (Å²) < 4.78 is 0. The van der Waals surface area contributed by atoms with Gasteiger partial charge in [-0.05, 0) is 425 Å². The Kier molecular flexibility index (Phi) is 31.7. The van der Waals surface area contributed by atoms with E-state index < -0.39 is 16.8 Å². The molecule has 0 aromatic rings. The van der Waals surface area contributed by atoms with Crippen LogP contribution in [0.25, 0.3) is 0 Å². The van der Waals surface area contributed by atoms with Crippen molar-refractivity contribution in [2.75, 3.05) is 18.7 Å². The van der Waals surface area contributed by atoms with Gasteiger partial charge in [0.05, 0.1) is 28.2 Å². The Balaban J connectivity index is 0.000000226. The van der Waals surface area contributed by atoms with Gasteiger partial charge in [0.25, 0.3) is 0 Å². The standard InChI is InChI=1S/C23H40O2.C23H38O2.C23H38O.C8H6.C7H4.C2H7P.CH2Cl2.CH4/c2*1-5-23-13-12-21(3,25)14-16(23)6-7-17-19-9-8-18(15(2)24)22(19,4)11-10-20(17)23;1-5-16-8-10-19-18-9-7-17-15-21(3,24)13-14-23(17,6-2)20(18)11-12-22(16,19)4;1-3-5-7-8-6-4-2;1-3-5-7-6-4-2;1-3-2;2-1-3;/h15-20,24-25H,5-14H2,1-4H3;16-20,25H,5-14H2,1-4H3;5,17-20,24H,6-15H2,1-4H3;1-2H3;1H,2H3;3H,1-2H3;1H2;1H4/t15?,16-,17-,18+,19-,20-,21+,22+,23-;16-,17-,18+,19-,20-,21+,22+,23-;17-,18-,19-,20-,21+,22+,23-;;;;;/m000...../s1. The van der Waals surface area contributed by atoms with E-state index in [0.717, 1.165) is 125 Å². The van der Waals surface area contributed by atoms with Crippen molar-refractivity contribution in [1.82, 2.24) is 0 Å². The van der Waals surface area contributed by atoms with Crippen LogP contribution in [0.1, 0.15) is 304 Å². The van der Waals surface area contributed by atoms with Crippen LogP contribution in [0, 0.1) is 187 Å². The number of Topliss-reactive ketones (excluding diaryl/α,β-unsaturated/α-hetero) is 1. The average Bonchev–Trinajstić information content (AvgIpc) is 1.07. The maximum atomic E-state index is 12.3. The lowest BCUT2D eigenvalue weighted by Crippen LogP contribution is -2.56. The van der Waals surface area contributed by atoms with Gasteiger partial charge < -0.3 is 20.4 Å². The van der Waals surface area contributed by atoms with Gasteiger partial charge in [0.1, 0.15) is 5.78 Å². The molecule has 0 aliphatic heterocycles. The molecule has 24 atom stereocenters. The molecular formula is C88H139Cl2O5P. The molecule has 0 saturated heterocycles. The van der Waals surface area contributed by atoms with Crippen molar-refractivity contribution >= 4 is 37.6 Å². The summed E-state index contributed by atoms with van der Waals surface area (Å²) in [6, 6.07) is 0. The Morgan fingerprint density at radius 1 is 0.531 bits per heavy atom. The van der Waals surface area contributed by atoms with Crippen LogP contribution in [0.5, 0.6) is 0 Å². The quantitative estimate of drug-likeness (QED) is 0.0952. The van der Waals surface area contributed by atoms with Crippen molar-refractivity contribution in [1.29, 1.82) is 0 Å². The number of aliphatic hydroxyl groups is 4. The van der Waals surface area contributed by atoms with Gasteiger partial charge in [0.15, 0.2) is 0 Å². The molecule has 5 nitrogen and oxygen atoms in total. The van der Waals surface area contributed by atoms with Crippen LogP contribution in [-0.2, 0) is 4.79 Å². The molecule has 0 spiro atoms. The van der Waals surface area contributed by atoms with Gasteiger partial charge in [-0.15, -0.1) is 38.2 Å². The number of terminal acetylenes is 1. The van der Waals surface area contributed by atoms with Crippen LogP contribution >= 0.6 is 31.8 Å². The lowest BCUT2D eigenvalue weighted by molar-refractivity contribution is -0.158. The van der Waals surface area contributed by atoms with E-state index in [2.05, 4.69) is 154 Å². The summed E-state index contributed by atoms with van der Waals surface area (Å²) >= 11 is 9.53. The predicted octanol–water partition coefficient (Wildman–Crippen LogP) is 21.3. The fraction of sp³-hybridized carbons (Fsp3) is 0.830. The zero-order valence-corrected chi connectivity index (χ0v) is 65.7. The van der Waals surface area contributed by atoms with Gasteiger partial charge in [0, 0.05) is 5.92 Å².